The van der Waals surface area contributed by atoms with E-state index in [0.717, 1.165) is 11.8 Å². The molecule has 0 bridgehead atoms. The lowest BCUT2D eigenvalue weighted by atomic mass is 10.2. The van der Waals surface area contributed by atoms with Crippen LogP contribution in [0.1, 0.15) is 26.3 Å². The molecule has 2 aromatic rings. The molecule has 0 atom stereocenters. The molecular weight excluding hydrogens is 454 g/mol. The number of nitrogens with one attached hydrogen (secondary N) is 1. The van der Waals surface area contributed by atoms with E-state index in [-0.39, 0.29) is 11.2 Å². The van der Waals surface area contributed by atoms with Crippen LogP contribution in [-0.2, 0) is 21.1 Å². The van der Waals surface area contributed by atoms with Gasteiger partial charge in [-0.1, -0.05) is 23.7 Å². The quantitative estimate of drug-likeness (QED) is 0.649. The summed E-state index contributed by atoms with van der Waals surface area (Å²) in [5.41, 5.74) is 0.414. The molecule has 1 aromatic carbocycles. The second kappa shape index (κ2) is 9.50. The Morgan fingerprint density at radius 2 is 1.75 bits per heavy atom. The summed E-state index contributed by atoms with van der Waals surface area (Å²) in [7, 11) is -3.61. The fraction of sp³-hybridized carbons (Fsp3) is 0.476. The molecule has 1 saturated heterocycles. The lowest BCUT2D eigenvalue weighted by molar-refractivity contribution is 0.0240. The van der Waals surface area contributed by atoms with Gasteiger partial charge in [0.25, 0.3) is 5.16 Å². The van der Waals surface area contributed by atoms with E-state index in [9.17, 15) is 13.2 Å². The number of hydrogen-bond acceptors (Lipinski definition) is 8. The molecule has 1 aromatic heterocycles. The largest absolute Gasteiger partial charge is 0.444 e. The number of nitrogens with zero attached hydrogens (tertiary/aromatic N) is 4. The van der Waals surface area contributed by atoms with Crippen LogP contribution in [0.15, 0.2) is 35.5 Å². The monoisotopic (exact) mass is 481 g/mol. The van der Waals surface area contributed by atoms with E-state index in [4.69, 9.17) is 16.3 Å². The number of piperazine rings is 1. The summed E-state index contributed by atoms with van der Waals surface area (Å²) >= 11 is 5.92. The summed E-state index contributed by atoms with van der Waals surface area (Å²) in [5.74, 6) is 0.891. The van der Waals surface area contributed by atoms with Crippen LogP contribution in [0, 0.1) is 0 Å². The number of sulfone groups is 1. The van der Waals surface area contributed by atoms with Gasteiger partial charge in [-0.3, -0.25) is 0 Å². The number of carbonyl (C=O) groups excluding carboxylic acids is 1. The standard InChI is InChI=1S/C21H28ClN5O4S/c1-21(2,3)31-20(28)27-11-9-26(10-12-27)18-13-17(24-19(25-18)32(4,29)30)23-14-15-5-7-16(22)8-6-15/h5-8,13H,9-12,14H2,1-4H3,(H,23,24,25). The molecule has 9 nitrogen and oxygen atoms in total. The van der Waals surface area contributed by atoms with Crippen molar-refractivity contribution in [3.05, 3.63) is 40.9 Å². The van der Waals surface area contributed by atoms with E-state index in [1.165, 1.54) is 0 Å². The van der Waals surface area contributed by atoms with Gasteiger partial charge in [-0.05, 0) is 38.5 Å². The van der Waals surface area contributed by atoms with Crippen LogP contribution >= 0.6 is 11.6 Å². The van der Waals surface area contributed by atoms with E-state index in [2.05, 4.69) is 15.3 Å². The number of ether oxygens (including phenoxy) is 1. The van der Waals surface area contributed by atoms with Crippen LogP contribution in [0.4, 0.5) is 16.4 Å². The Kier molecular flexibility index (Phi) is 7.14. The minimum atomic E-state index is -3.61. The highest BCUT2D eigenvalue weighted by atomic mass is 35.5. The normalized spacial score (nSPS) is 14.9. The maximum atomic E-state index is 12.3. The molecule has 1 N–H and O–H groups in total. The Hall–Kier alpha value is -2.59. The molecule has 1 amide bonds. The maximum absolute atomic E-state index is 12.3. The highest BCUT2D eigenvalue weighted by Crippen LogP contribution is 2.21. The van der Waals surface area contributed by atoms with Crippen molar-refractivity contribution < 1.29 is 17.9 Å². The van der Waals surface area contributed by atoms with Gasteiger partial charge in [-0.15, -0.1) is 0 Å². The Morgan fingerprint density at radius 3 is 2.31 bits per heavy atom. The van der Waals surface area contributed by atoms with Gasteiger partial charge < -0.3 is 19.9 Å². The highest BCUT2D eigenvalue weighted by Gasteiger charge is 2.27. The summed E-state index contributed by atoms with van der Waals surface area (Å²) in [5, 5.41) is 3.55. The molecule has 1 fully saturated rings. The number of anilines is 2. The average Bonchev–Trinajstić information content (AvgIpc) is 2.71. The van der Waals surface area contributed by atoms with E-state index in [0.29, 0.717) is 49.4 Å². The Balaban J connectivity index is 1.74. The third kappa shape index (κ3) is 6.70. The number of hydrogen-bond donors (Lipinski definition) is 1. The fourth-order valence-corrected chi connectivity index (χ4v) is 3.72. The van der Waals surface area contributed by atoms with Gasteiger partial charge in [0.2, 0.25) is 9.84 Å². The zero-order valence-corrected chi connectivity index (χ0v) is 20.2. The lowest BCUT2D eigenvalue weighted by Crippen LogP contribution is -2.50. The molecule has 11 heteroatoms. The predicted octanol–water partition coefficient (Wildman–Crippen LogP) is 3.20. The molecular formula is C21H28ClN5O4S. The summed E-state index contributed by atoms with van der Waals surface area (Å²) in [6, 6.07) is 9.05. The fourth-order valence-electron chi connectivity index (χ4n) is 3.07. The molecule has 3 rings (SSSR count). The highest BCUT2D eigenvalue weighted by molar-refractivity contribution is 7.90. The number of carbonyl (C=O) groups is 1. The molecule has 0 radical (unpaired) electrons. The molecule has 1 aliphatic rings. The molecule has 32 heavy (non-hydrogen) atoms. The zero-order valence-electron chi connectivity index (χ0n) is 18.6. The zero-order chi connectivity index (χ0) is 23.5. The van der Waals surface area contributed by atoms with Crippen LogP contribution in [0.25, 0.3) is 0 Å². The number of aromatic nitrogens is 2. The van der Waals surface area contributed by atoms with Crippen molar-refractivity contribution in [2.24, 2.45) is 0 Å². The minimum Gasteiger partial charge on any atom is -0.444 e. The van der Waals surface area contributed by atoms with E-state index in [1.54, 1.807) is 23.1 Å². The third-order valence-electron chi connectivity index (χ3n) is 4.67. The molecule has 0 saturated carbocycles. The van der Waals surface area contributed by atoms with Crippen LogP contribution < -0.4 is 10.2 Å². The van der Waals surface area contributed by atoms with E-state index in [1.807, 2.05) is 37.8 Å². The molecule has 1 aliphatic heterocycles. The topological polar surface area (TPSA) is 105 Å². The Morgan fingerprint density at radius 1 is 1.12 bits per heavy atom. The summed E-state index contributed by atoms with van der Waals surface area (Å²) in [4.78, 5) is 24.3. The number of amides is 1. The Labute approximate surface area is 193 Å². The third-order valence-corrected chi connectivity index (χ3v) is 5.76. The van der Waals surface area contributed by atoms with Crippen molar-refractivity contribution in [3.8, 4) is 0 Å². The van der Waals surface area contributed by atoms with Crippen molar-refractivity contribution in [2.45, 2.75) is 38.1 Å². The molecule has 0 unspecified atom stereocenters. The second-order valence-corrected chi connectivity index (χ2v) is 10.9. The van der Waals surface area contributed by atoms with E-state index >= 15 is 0 Å². The molecule has 2 heterocycles. The summed E-state index contributed by atoms with van der Waals surface area (Å²) < 4.78 is 29.7. The molecule has 174 valence electrons. The molecule has 0 spiro atoms. The first-order chi connectivity index (χ1) is 14.9. The average molecular weight is 482 g/mol. The van der Waals surface area contributed by atoms with Crippen molar-refractivity contribution in [1.29, 1.82) is 0 Å². The predicted molar refractivity (Wildman–Crippen MR) is 124 cm³/mol. The SMILES string of the molecule is CC(C)(C)OC(=O)N1CCN(c2cc(NCc3ccc(Cl)cc3)nc(S(C)(=O)=O)n2)CC1. The van der Waals surface area contributed by atoms with Gasteiger partial charge in [-0.2, -0.15) is 0 Å². The van der Waals surface area contributed by atoms with Crippen molar-refractivity contribution in [2.75, 3.05) is 42.7 Å². The van der Waals surface area contributed by atoms with Gasteiger partial charge in [0.1, 0.15) is 17.2 Å². The summed E-state index contributed by atoms with van der Waals surface area (Å²) in [6.07, 6.45) is 0.720. The van der Waals surface area contributed by atoms with Gasteiger partial charge >= 0.3 is 6.09 Å². The van der Waals surface area contributed by atoms with Crippen molar-refractivity contribution >= 4 is 39.2 Å². The number of benzene rings is 1. The van der Waals surface area contributed by atoms with Gasteiger partial charge in [0, 0.05) is 50.1 Å². The lowest BCUT2D eigenvalue weighted by Gasteiger charge is -2.36. The Bertz CT molecular complexity index is 1060. The van der Waals surface area contributed by atoms with Crippen LogP contribution in [0.5, 0.6) is 0 Å². The second-order valence-electron chi connectivity index (χ2n) is 8.60. The minimum absolute atomic E-state index is 0.247. The van der Waals surface area contributed by atoms with Crippen LogP contribution in [0.3, 0.4) is 0 Å². The van der Waals surface area contributed by atoms with Gasteiger partial charge in [-0.25, -0.2) is 23.2 Å². The van der Waals surface area contributed by atoms with Crippen LogP contribution in [0.2, 0.25) is 5.02 Å². The maximum Gasteiger partial charge on any atom is 0.410 e. The first-order valence-electron chi connectivity index (χ1n) is 10.2. The van der Waals surface area contributed by atoms with Crippen LogP contribution in [-0.4, -0.2) is 67.4 Å². The van der Waals surface area contributed by atoms with Gasteiger partial charge in [0.15, 0.2) is 0 Å². The first-order valence-corrected chi connectivity index (χ1v) is 12.5. The van der Waals surface area contributed by atoms with Crippen molar-refractivity contribution in [3.63, 3.8) is 0 Å². The number of rotatable bonds is 5. The first kappa shape index (κ1) is 24.1. The van der Waals surface area contributed by atoms with E-state index < -0.39 is 15.4 Å². The smallest absolute Gasteiger partial charge is 0.410 e. The summed E-state index contributed by atoms with van der Waals surface area (Å²) in [6.45, 7) is 7.81. The van der Waals surface area contributed by atoms with Crippen molar-refractivity contribution in [1.82, 2.24) is 14.9 Å². The number of halogens is 1. The van der Waals surface area contributed by atoms with Gasteiger partial charge in [0.05, 0.1) is 0 Å². The molecule has 0 aliphatic carbocycles.